The third kappa shape index (κ3) is 4.36. The van der Waals surface area contributed by atoms with E-state index < -0.39 is 10.0 Å². The van der Waals surface area contributed by atoms with Gasteiger partial charge in [0.15, 0.2) is 0 Å². The molecule has 0 aromatic heterocycles. The van der Waals surface area contributed by atoms with Crippen molar-refractivity contribution in [1.29, 1.82) is 0 Å². The molecule has 0 atom stereocenters. The molecule has 0 radical (unpaired) electrons. The highest BCUT2D eigenvalue weighted by Crippen LogP contribution is 2.21. The van der Waals surface area contributed by atoms with E-state index in [1.54, 1.807) is 17.0 Å². The Kier molecular flexibility index (Phi) is 6.40. The van der Waals surface area contributed by atoms with Gasteiger partial charge in [0.25, 0.3) is 0 Å². The van der Waals surface area contributed by atoms with E-state index in [9.17, 15) is 13.2 Å². The fourth-order valence-corrected chi connectivity index (χ4v) is 4.40. The van der Waals surface area contributed by atoms with E-state index in [1.165, 1.54) is 4.31 Å². The number of carbonyl (C=O) groups excluding carboxylic acids is 1. The molecule has 1 saturated heterocycles. The normalized spacial score (nSPS) is 17.1. The lowest BCUT2D eigenvalue weighted by molar-refractivity contribution is -0.131. The van der Waals surface area contributed by atoms with Gasteiger partial charge in [-0.25, -0.2) is 8.42 Å². The van der Waals surface area contributed by atoms with Gasteiger partial charge in [0.1, 0.15) is 0 Å². The highest BCUT2D eigenvalue weighted by atomic mass is 32.2. The molecule has 6 heteroatoms. The molecule has 1 amide bonds. The third-order valence-electron chi connectivity index (χ3n) is 4.46. The van der Waals surface area contributed by atoms with E-state index in [0.717, 1.165) is 12.0 Å². The van der Waals surface area contributed by atoms with Crippen molar-refractivity contribution in [3.8, 4) is 0 Å². The van der Waals surface area contributed by atoms with Gasteiger partial charge in [0.05, 0.1) is 4.90 Å². The maximum Gasteiger partial charge on any atom is 0.243 e. The van der Waals surface area contributed by atoms with Gasteiger partial charge in [-0.2, -0.15) is 4.31 Å². The number of benzene rings is 1. The molecule has 1 aliphatic rings. The number of amides is 1. The lowest BCUT2D eigenvalue weighted by Crippen LogP contribution is -2.37. The summed E-state index contributed by atoms with van der Waals surface area (Å²) < 4.78 is 27.2. The zero-order valence-corrected chi connectivity index (χ0v) is 15.7. The Morgan fingerprint density at radius 1 is 1.08 bits per heavy atom. The second kappa shape index (κ2) is 8.12. The molecule has 0 N–H and O–H groups in total. The molecule has 24 heavy (non-hydrogen) atoms. The van der Waals surface area contributed by atoms with E-state index in [4.69, 9.17) is 0 Å². The molecule has 0 spiro atoms. The van der Waals surface area contributed by atoms with Crippen molar-refractivity contribution in [3.63, 3.8) is 0 Å². The van der Waals surface area contributed by atoms with Gasteiger partial charge in [-0.15, -0.1) is 0 Å². The Bertz CT molecular complexity index is 653. The predicted octanol–water partition coefficient (Wildman–Crippen LogP) is 2.83. The summed E-state index contributed by atoms with van der Waals surface area (Å²) >= 11 is 0. The number of sulfonamides is 1. The number of hydrogen-bond donors (Lipinski definition) is 0. The quantitative estimate of drug-likeness (QED) is 0.819. The summed E-state index contributed by atoms with van der Waals surface area (Å²) in [4.78, 5) is 14.2. The minimum atomic E-state index is -3.49. The second-order valence-electron chi connectivity index (χ2n) is 6.61. The summed E-state index contributed by atoms with van der Waals surface area (Å²) in [7, 11) is -3.49. The second-order valence-corrected chi connectivity index (χ2v) is 8.55. The van der Waals surface area contributed by atoms with Crippen LogP contribution in [0, 0.1) is 0 Å². The van der Waals surface area contributed by atoms with Gasteiger partial charge in [-0.1, -0.05) is 32.9 Å². The minimum absolute atomic E-state index is 0.123. The Balaban J connectivity index is 2.10. The van der Waals surface area contributed by atoms with E-state index in [2.05, 4.69) is 13.8 Å². The first-order valence-electron chi connectivity index (χ1n) is 8.74. The van der Waals surface area contributed by atoms with Crippen LogP contribution in [0.4, 0.5) is 0 Å². The molecule has 1 aromatic carbocycles. The van der Waals surface area contributed by atoms with E-state index in [-0.39, 0.29) is 5.91 Å². The Morgan fingerprint density at radius 3 is 2.33 bits per heavy atom. The highest BCUT2D eigenvalue weighted by molar-refractivity contribution is 7.89. The van der Waals surface area contributed by atoms with Gasteiger partial charge in [-0.05, 0) is 36.5 Å². The Morgan fingerprint density at radius 2 is 1.75 bits per heavy atom. The molecule has 0 aliphatic carbocycles. The Labute approximate surface area is 145 Å². The van der Waals surface area contributed by atoms with Crippen molar-refractivity contribution in [2.45, 2.75) is 50.8 Å². The zero-order chi connectivity index (χ0) is 17.7. The summed E-state index contributed by atoms with van der Waals surface area (Å²) in [5.41, 5.74) is 1.13. The van der Waals surface area contributed by atoms with Crippen LogP contribution in [0.3, 0.4) is 0 Å². The van der Waals surface area contributed by atoms with Crippen molar-refractivity contribution in [3.05, 3.63) is 29.8 Å². The minimum Gasteiger partial charge on any atom is -0.341 e. The molecule has 1 aliphatic heterocycles. The van der Waals surface area contributed by atoms with Crippen LogP contribution in [0.25, 0.3) is 0 Å². The predicted molar refractivity (Wildman–Crippen MR) is 95.4 cm³/mol. The maximum atomic E-state index is 12.8. The lowest BCUT2D eigenvalue weighted by atomic mass is 10.0. The van der Waals surface area contributed by atoms with Gasteiger partial charge in [-0.3, -0.25) is 4.79 Å². The topological polar surface area (TPSA) is 57.7 Å². The molecule has 0 bridgehead atoms. The number of nitrogens with zero attached hydrogens (tertiary/aromatic N) is 2. The standard InChI is InChI=1S/C18H28N2O3S/c1-4-6-18(21)19-11-5-12-20(14-13-19)24(22,23)17-9-7-16(8-10-17)15(2)3/h7-10,15H,4-6,11-14H2,1-3H3. The van der Waals surface area contributed by atoms with Crippen LogP contribution in [0.15, 0.2) is 29.2 Å². The van der Waals surface area contributed by atoms with Crippen LogP contribution in [0.2, 0.25) is 0 Å². The third-order valence-corrected chi connectivity index (χ3v) is 6.37. The molecule has 5 nitrogen and oxygen atoms in total. The van der Waals surface area contributed by atoms with Crippen molar-refractivity contribution in [2.24, 2.45) is 0 Å². The molecule has 0 unspecified atom stereocenters. The number of hydrogen-bond acceptors (Lipinski definition) is 3. The van der Waals surface area contributed by atoms with Crippen LogP contribution in [0.1, 0.15) is 51.5 Å². The largest absolute Gasteiger partial charge is 0.341 e. The van der Waals surface area contributed by atoms with Gasteiger partial charge in [0.2, 0.25) is 15.9 Å². The van der Waals surface area contributed by atoms with E-state index in [1.807, 2.05) is 19.1 Å². The van der Waals surface area contributed by atoms with Crippen molar-refractivity contribution >= 4 is 15.9 Å². The summed E-state index contributed by atoms with van der Waals surface area (Å²) in [5.74, 6) is 0.496. The van der Waals surface area contributed by atoms with Gasteiger partial charge in [0, 0.05) is 32.6 Å². The Hall–Kier alpha value is -1.40. The summed E-state index contributed by atoms with van der Waals surface area (Å²) in [6.07, 6.45) is 2.03. The van der Waals surface area contributed by atoms with Crippen LogP contribution >= 0.6 is 0 Å². The summed E-state index contributed by atoms with van der Waals surface area (Å²) in [5, 5.41) is 0. The maximum absolute atomic E-state index is 12.8. The zero-order valence-electron chi connectivity index (χ0n) is 14.9. The number of rotatable bonds is 5. The molecule has 1 aromatic rings. The van der Waals surface area contributed by atoms with Crippen LogP contribution in [0.5, 0.6) is 0 Å². The fraction of sp³-hybridized carbons (Fsp3) is 0.611. The van der Waals surface area contributed by atoms with Crippen LogP contribution < -0.4 is 0 Å². The van der Waals surface area contributed by atoms with Gasteiger partial charge >= 0.3 is 0 Å². The van der Waals surface area contributed by atoms with Crippen molar-refractivity contribution in [2.75, 3.05) is 26.2 Å². The molecule has 2 rings (SSSR count). The summed E-state index contributed by atoms with van der Waals surface area (Å²) in [6.45, 7) is 8.08. The average Bonchev–Trinajstić information content (AvgIpc) is 2.81. The monoisotopic (exact) mass is 352 g/mol. The average molecular weight is 353 g/mol. The summed E-state index contributed by atoms with van der Waals surface area (Å²) in [6, 6.07) is 7.14. The smallest absolute Gasteiger partial charge is 0.243 e. The number of carbonyl (C=O) groups is 1. The highest BCUT2D eigenvalue weighted by Gasteiger charge is 2.28. The van der Waals surface area contributed by atoms with Crippen molar-refractivity contribution in [1.82, 2.24) is 9.21 Å². The van der Waals surface area contributed by atoms with Gasteiger partial charge < -0.3 is 4.90 Å². The first-order valence-corrected chi connectivity index (χ1v) is 10.2. The molecule has 134 valence electrons. The molecule has 0 saturated carbocycles. The fourth-order valence-electron chi connectivity index (χ4n) is 2.93. The van der Waals surface area contributed by atoms with Crippen LogP contribution in [-0.4, -0.2) is 49.7 Å². The first-order chi connectivity index (χ1) is 11.4. The molecular weight excluding hydrogens is 324 g/mol. The first kappa shape index (κ1) is 18.9. The van der Waals surface area contributed by atoms with Crippen LogP contribution in [-0.2, 0) is 14.8 Å². The van der Waals surface area contributed by atoms with Crippen molar-refractivity contribution < 1.29 is 13.2 Å². The van der Waals surface area contributed by atoms with E-state index in [0.29, 0.717) is 49.8 Å². The molecular formula is C18H28N2O3S. The van der Waals surface area contributed by atoms with E-state index >= 15 is 0 Å². The molecule has 1 heterocycles. The lowest BCUT2D eigenvalue weighted by Gasteiger charge is -2.22. The SMILES string of the molecule is CCCC(=O)N1CCCN(S(=O)(=O)c2ccc(C(C)C)cc2)CC1. The molecule has 1 fully saturated rings.